The molecular weight excluding hydrogens is 325 g/mol. The van der Waals surface area contributed by atoms with Gasteiger partial charge in [0.25, 0.3) is 0 Å². The lowest BCUT2D eigenvalue weighted by Gasteiger charge is -2.12. The van der Waals surface area contributed by atoms with Gasteiger partial charge in [0.15, 0.2) is 6.61 Å². The van der Waals surface area contributed by atoms with E-state index in [1.165, 1.54) is 0 Å². The number of benzene rings is 1. The van der Waals surface area contributed by atoms with Gasteiger partial charge >= 0.3 is 0 Å². The zero-order valence-corrected chi connectivity index (χ0v) is 13.2. The van der Waals surface area contributed by atoms with Crippen LogP contribution in [-0.4, -0.2) is 18.1 Å². The first-order chi connectivity index (χ1) is 10.7. The molecule has 7 heteroatoms. The molecule has 1 aliphatic rings. The van der Waals surface area contributed by atoms with Gasteiger partial charge in [-0.15, -0.1) is 0 Å². The lowest BCUT2D eigenvalue weighted by atomic mass is 10.3. The number of rotatable bonds is 4. The minimum Gasteiger partial charge on any atom is -0.482 e. The van der Waals surface area contributed by atoms with Crippen LogP contribution < -0.4 is 9.64 Å². The maximum absolute atomic E-state index is 9.18. The van der Waals surface area contributed by atoms with E-state index in [1.807, 2.05) is 4.90 Å². The van der Waals surface area contributed by atoms with Crippen molar-refractivity contribution >= 4 is 29.1 Å². The van der Waals surface area contributed by atoms with Gasteiger partial charge in [-0.1, -0.05) is 23.2 Å². The standard InChI is InChI=1S/C15H13Cl2N3O2/c16-10-3-4-13(11(17)7-10)21-9-14-19-12(8-18)15(22-14)20-5-1-2-6-20/h3-4,7H,1-2,5-6,9H2. The van der Waals surface area contributed by atoms with Gasteiger partial charge in [-0.25, -0.2) is 0 Å². The highest BCUT2D eigenvalue weighted by molar-refractivity contribution is 6.35. The van der Waals surface area contributed by atoms with E-state index in [0.29, 0.717) is 33.3 Å². The molecule has 0 amide bonds. The molecule has 0 bridgehead atoms. The van der Waals surface area contributed by atoms with Gasteiger partial charge < -0.3 is 14.1 Å². The van der Waals surface area contributed by atoms with Gasteiger partial charge in [-0.05, 0) is 31.0 Å². The Balaban J connectivity index is 1.74. The molecule has 0 N–H and O–H groups in total. The first-order valence-corrected chi connectivity index (χ1v) is 7.65. The van der Waals surface area contributed by atoms with Crippen LogP contribution in [-0.2, 0) is 6.61 Å². The molecule has 1 aromatic carbocycles. The van der Waals surface area contributed by atoms with Crippen LogP contribution in [0.4, 0.5) is 5.88 Å². The van der Waals surface area contributed by atoms with E-state index in [9.17, 15) is 5.26 Å². The highest BCUT2D eigenvalue weighted by Crippen LogP contribution is 2.29. The third-order valence-electron chi connectivity index (χ3n) is 3.40. The van der Waals surface area contributed by atoms with Crippen LogP contribution in [0.1, 0.15) is 24.4 Å². The summed E-state index contributed by atoms with van der Waals surface area (Å²) in [5, 5.41) is 10.1. The SMILES string of the molecule is N#Cc1nc(COc2ccc(Cl)cc2Cl)oc1N1CCCC1. The average molecular weight is 338 g/mol. The minimum atomic E-state index is 0.101. The molecule has 22 heavy (non-hydrogen) atoms. The first-order valence-electron chi connectivity index (χ1n) is 6.90. The van der Waals surface area contributed by atoms with E-state index < -0.39 is 0 Å². The number of ether oxygens (including phenoxy) is 1. The monoisotopic (exact) mass is 337 g/mol. The number of aromatic nitrogens is 1. The number of nitriles is 1. The molecule has 1 fully saturated rings. The van der Waals surface area contributed by atoms with E-state index in [4.69, 9.17) is 32.4 Å². The Morgan fingerprint density at radius 2 is 2.09 bits per heavy atom. The molecule has 0 saturated carbocycles. The predicted molar refractivity (Wildman–Crippen MR) is 83.5 cm³/mol. The van der Waals surface area contributed by atoms with Gasteiger partial charge in [-0.3, -0.25) is 0 Å². The topological polar surface area (TPSA) is 62.3 Å². The molecule has 2 aromatic rings. The van der Waals surface area contributed by atoms with E-state index in [1.54, 1.807) is 18.2 Å². The Morgan fingerprint density at radius 3 is 2.77 bits per heavy atom. The Hall–Kier alpha value is -1.90. The molecule has 1 aromatic heterocycles. The fraction of sp³-hybridized carbons (Fsp3) is 0.333. The molecule has 0 unspecified atom stereocenters. The van der Waals surface area contributed by atoms with Crippen molar-refractivity contribution in [3.63, 3.8) is 0 Å². The number of halogens is 2. The highest BCUT2D eigenvalue weighted by atomic mass is 35.5. The van der Waals surface area contributed by atoms with Crippen LogP contribution in [0.5, 0.6) is 5.75 Å². The summed E-state index contributed by atoms with van der Waals surface area (Å²) in [5.74, 6) is 1.37. The van der Waals surface area contributed by atoms with Crippen molar-refractivity contribution in [2.75, 3.05) is 18.0 Å². The largest absolute Gasteiger partial charge is 0.482 e. The van der Waals surface area contributed by atoms with Crippen LogP contribution in [0, 0.1) is 11.3 Å². The number of hydrogen-bond acceptors (Lipinski definition) is 5. The lowest BCUT2D eigenvalue weighted by Crippen LogP contribution is -2.17. The second-order valence-electron chi connectivity index (χ2n) is 4.93. The summed E-state index contributed by atoms with van der Waals surface area (Å²) in [6, 6.07) is 7.04. The molecule has 2 heterocycles. The normalized spacial score (nSPS) is 14.1. The van der Waals surface area contributed by atoms with E-state index in [-0.39, 0.29) is 6.61 Å². The summed E-state index contributed by atoms with van der Waals surface area (Å²) in [4.78, 5) is 6.20. The van der Waals surface area contributed by atoms with Crippen molar-refractivity contribution in [1.82, 2.24) is 4.98 Å². The molecule has 1 saturated heterocycles. The summed E-state index contributed by atoms with van der Waals surface area (Å²) in [5.41, 5.74) is 0.294. The summed E-state index contributed by atoms with van der Waals surface area (Å²) in [6.45, 7) is 1.87. The van der Waals surface area contributed by atoms with Crippen LogP contribution >= 0.6 is 23.2 Å². The van der Waals surface area contributed by atoms with Crippen LogP contribution in [0.25, 0.3) is 0 Å². The molecule has 0 aliphatic carbocycles. The fourth-order valence-electron chi connectivity index (χ4n) is 2.36. The Morgan fingerprint density at radius 1 is 1.32 bits per heavy atom. The molecule has 5 nitrogen and oxygen atoms in total. The Labute approximate surface area is 138 Å². The summed E-state index contributed by atoms with van der Waals surface area (Å²) < 4.78 is 11.3. The molecule has 0 spiro atoms. The van der Waals surface area contributed by atoms with Gasteiger partial charge in [-0.2, -0.15) is 10.2 Å². The van der Waals surface area contributed by atoms with Crippen molar-refractivity contribution in [1.29, 1.82) is 5.26 Å². The Bertz CT molecular complexity index is 718. The number of nitrogens with zero attached hydrogens (tertiary/aromatic N) is 3. The van der Waals surface area contributed by atoms with Gasteiger partial charge in [0.05, 0.1) is 5.02 Å². The maximum atomic E-state index is 9.18. The molecule has 0 atom stereocenters. The maximum Gasteiger partial charge on any atom is 0.236 e. The van der Waals surface area contributed by atoms with Crippen molar-refractivity contribution in [2.45, 2.75) is 19.4 Å². The second-order valence-corrected chi connectivity index (χ2v) is 5.77. The van der Waals surface area contributed by atoms with Crippen LogP contribution in [0.2, 0.25) is 10.0 Å². The van der Waals surface area contributed by atoms with Crippen molar-refractivity contribution in [3.05, 3.63) is 39.8 Å². The zero-order chi connectivity index (χ0) is 15.5. The zero-order valence-electron chi connectivity index (χ0n) is 11.7. The number of oxazole rings is 1. The van der Waals surface area contributed by atoms with Crippen molar-refractivity contribution < 1.29 is 9.15 Å². The molecule has 0 radical (unpaired) electrons. The quantitative estimate of drug-likeness (QED) is 0.842. The van der Waals surface area contributed by atoms with Crippen LogP contribution in [0.3, 0.4) is 0 Å². The van der Waals surface area contributed by atoms with Crippen molar-refractivity contribution in [3.8, 4) is 11.8 Å². The second kappa shape index (κ2) is 6.47. The number of hydrogen-bond donors (Lipinski definition) is 0. The van der Waals surface area contributed by atoms with Crippen molar-refractivity contribution in [2.24, 2.45) is 0 Å². The Kier molecular flexibility index (Phi) is 4.41. The van der Waals surface area contributed by atoms with E-state index in [2.05, 4.69) is 11.1 Å². The average Bonchev–Trinajstić information content (AvgIpc) is 3.15. The van der Waals surface area contributed by atoms with E-state index in [0.717, 1.165) is 25.9 Å². The molecular formula is C15H13Cl2N3O2. The fourth-order valence-corrected chi connectivity index (χ4v) is 2.82. The number of anilines is 1. The van der Waals surface area contributed by atoms with Gasteiger partial charge in [0, 0.05) is 18.1 Å². The minimum absolute atomic E-state index is 0.101. The van der Waals surface area contributed by atoms with Crippen LogP contribution in [0.15, 0.2) is 22.6 Å². The third kappa shape index (κ3) is 3.13. The summed E-state index contributed by atoms with van der Waals surface area (Å²) in [6.07, 6.45) is 2.19. The van der Waals surface area contributed by atoms with Gasteiger partial charge in [0.2, 0.25) is 17.5 Å². The molecule has 3 rings (SSSR count). The smallest absolute Gasteiger partial charge is 0.236 e. The summed E-state index contributed by atoms with van der Waals surface area (Å²) >= 11 is 11.9. The lowest BCUT2D eigenvalue weighted by molar-refractivity contribution is 0.264. The van der Waals surface area contributed by atoms with Gasteiger partial charge in [0.1, 0.15) is 11.8 Å². The van der Waals surface area contributed by atoms with E-state index >= 15 is 0 Å². The molecule has 114 valence electrons. The molecule has 1 aliphatic heterocycles. The third-order valence-corrected chi connectivity index (χ3v) is 3.93. The highest BCUT2D eigenvalue weighted by Gasteiger charge is 2.22. The first kappa shape index (κ1) is 15.0. The summed E-state index contributed by atoms with van der Waals surface area (Å²) in [7, 11) is 0. The predicted octanol–water partition coefficient (Wildman–Crippen LogP) is 4.03.